The highest BCUT2D eigenvalue weighted by atomic mass is 35.7. The highest BCUT2D eigenvalue weighted by Gasteiger charge is 2.42. The molecule has 0 saturated carbocycles. The molecule has 1 aliphatic rings. The largest absolute Gasteiger partial charge is 0.306 e. The molecule has 2 aromatic carbocycles. The number of aliphatic imine (C=N–C) groups is 1. The van der Waals surface area contributed by atoms with Crippen molar-refractivity contribution in [2.45, 2.75) is 121 Å². The van der Waals surface area contributed by atoms with E-state index in [-0.39, 0.29) is 10.8 Å². The van der Waals surface area contributed by atoms with Crippen LogP contribution >= 0.6 is 26.0 Å². The lowest BCUT2D eigenvalue weighted by atomic mass is 9.89. The van der Waals surface area contributed by atoms with Crippen LogP contribution in [0.2, 0.25) is 0 Å². The summed E-state index contributed by atoms with van der Waals surface area (Å²) < 4.78 is 2.58. The van der Waals surface area contributed by atoms with Gasteiger partial charge in [-0.05, 0) is 59.4 Å². The number of halogens is 1. The Kier molecular flexibility index (Phi) is 11.0. The lowest BCUT2D eigenvalue weighted by Gasteiger charge is -2.37. The van der Waals surface area contributed by atoms with Gasteiger partial charge in [0.05, 0.1) is 11.4 Å². The quantitative estimate of drug-likeness (QED) is 0.214. The van der Waals surface area contributed by atoms with Crippen LogP contribution in [0.15, 0.2) is 52.9 Å². The van der Waals surface area contributed by atoms with Crippen molar-refractivity contribution < 1.29 is 0 Å². The van der Waals surface area contributed by atoms with Crippen LogP contribution in [0.3, 0.4) is 0 Å². The highest BCUT2D eigenvalue weighted by molar-refractivity contribution is 8.42. The van der Waals surface area contributed by atoms with E-state index in [1.54, 1.807) is 0 Å². The predicted octanol–water partition coefficient (Wildman–Crippen LogP) is 13.7. The molecule has 1 aliphatic heterocycles. The molecule has 0 spiro atoms. The van der Waals surface area contributed by atoms with Crippen LogP contribution in [0.1, 0.15) is 143 Å². The number of rotatable bonds is 8. The lowest BCUT2D eigenvalue weighted by Crippen LogP contribution is -2.25. The van der Waals surface area contributed by atoms with Crippen LogP contribution in [-0.4, -0.2) is 11.9 Å². The number of benzene rings is 2. The summed E-state index contributed by atoms with van der Waals surface area (Å²) in [6.45, 7) is 32.3. The third-order valence-corrected chi connectivity index (χ3v) is 15.1. The summed E-state index contributed by atoms with van der Waals surface area (Å²) in [5.41, 5.74) is 10.6. The van der Waals surface area contributed by atoms with Gasteiger partial charge in [0.2, 0.25) is 0 Å². The van der Waals surface area contributed by atoms with E-state index < -0.39 is 14.7 Å². The van der Waals surface area contributed by atoms with Crippen molar-refractivity contribution in [1.82, 2.24) is 0 Å². The van der Waals surface area contributed by atoms with E-state index in [4.69, 9.17) is 16.2 Å². The van der Waals surface area contributed by atoms with Crippen LogP contribution in [0.5, 0.6) is 0 Å². The van der Waals surface area contributed by atoms with Crippen LogP contribution in [-0.2, 0) is 0 Å². The van der Waals surface area contributed by atoms with Gasteiger partial charge in [0, 0.05) is 28.4 Å². The van der Waals surface area contributed by atoms with Crippen LogP contribution < -0.4 is 4.67 Å². The zero-order chi connectivity index (χ0) is 31.0. The van der Waals surface area contributed by atoms with Crippen molar-refractivity contribution in [3.8, 4) is 0 Å². The second-order valence-electron chi connectivity index (χ2n) is 14.9. The van der Waals surface area contributed by atoms with Crippen molar-refractivity contribution in [3.05, 3.63) is 70.2 Å². The molecule has 0 aliphatic carbocycles. The van der Waals surface area contributed by atoms with E-state index in [1.807, 2.05) is 0 Å². The topological polar surface area (TPSA) is 15.6 Å². The molecule has 1 heterocycles. The normalized spacial score (nSPS) is 18.9. The van der Waals surface area contributed by atoms with Crippen molar-refractivity contribution in [2.24, 2.45) is 15.8 Å². The van der Waals surface area contributed by atoms with Crippen molar-refractivity contribution in [3.63, 3.8) is 0 Å². The number of para-hydroxylation sites is 2. The molecular formula is C36H55ClN2P2. The molecule has 41 heavy (non-hydrogen) atoms. The van der Waals surface area contributed by atoms with E-state index in [1.165, 1.54) is 45.0 Å². The average molecular weight is 613 g/mol. The Morgan fingerprint density at radius 2 is 1.15 bits per heavy atom. The van der Waals surface area contributed by atoms with E-state index in [2.05, 4.69) is 144 Å². The minimum Gasteiger partial charge on any atom is -0.306 e. The Morgan fingerprint density at radius 3 is 1.51 bits per heavy atom. The number of nitrogens with zero attached hydrogens (tertiary/aromatic N) is 2. The van der Waals surface area contributed by atoms with Crippen LogP contribution in [0, 0.1) is 10.8 Å². The predicted molar refractivity (Wildman–Crippen MR) is 190 cm³/mol. The van der Waals surface area contributed by atoms with Crippen molar-refractivity contribution in [2.75, 3.05) is 10.8 Å². The number of anilines is 1. The summed E-state index contributed by atoms with van der Waals surface area (Å²) in [5, 5.41) is 0. The third-order valence-electron chi connectivity index (χ3n) is 7.97. The lowest BCUT2D eigenvalue weighted by molar-refractivity contribution is 0.501. The monoisotopic (exact) mass is 612 g/mol. The second-order valence-corrected chi connectivity index (χ2v) is 21.6. The Labute approximate surface area is 259 Å². The molecule has 0 bridgehead atoms. The first-order valence-corrected chi connectivity index (χ1v) is 19.9. The summed E-state index contributed by atoms with van der Waals surface area (Å²) >= 11 is 7.71. The maximum atomic E-state index is 7.71. The fourth-order valence-corrected chi connectivity index (χ4v) is 12.5. The second kappa shape index (κ2) is 13.2. The van der Waals surface area contributed by atoms with Gasteiger partial charge < -0.3 is 4.67 Å². The molecule has 0 amide bonds. The maximum absolute atomic E-state index is 7.71. The highest BCUT2D eigenvalue weighted by Crippen LogP contribution is 2.82. The Hall–Kier alpha value is -1.20. The zero-order valence-corrected chi connectivity index (χ0v) is 30.8. The number of allylic oxidation sites excluding steroid dienone is 1. The zero-order valence-electron chi connectivity index (χ0n) is 28.2. The van der Waals surface area contributed by atoms with Crippen LogP contribution in [0.25, 0.3) is 0 Å². The van der Waals surface area contributed by atoms with Gasteiger partial charge in [0.25, 0.3) is 0 Å². The van der Waals surface area contributed by atoms with Crippen LogP contribution in [0.4, 0.5) is 11.4 Å². The summed E-state index contributed by atoms with van der Waals surface area (Å²) in [6.07, 6.45) is 0.926. The molecule has 226 valence electrons. The van der Waals surface area contributed by atoms with Gasteiger partial charge in [-0.25, -0.2) is 0 Å². The number of hydrogen-bond acceptors (Lipinski definition) is 2. The molecule has 2 aromatic rings. The summed E-state index contributed by atoms with van der Waals surface area (Å²) in [7, 11) is -1.57. The van der Waals surface area contributed by atoms with E-state index in [0.29, 0.717) is 23.7 Å². The fraction of sp³-hybridized carbons (Fsp3) is 0.583. The molecule has 2 atom stereocenters. The Balaban J connectivity index is 2.21. The molecule has 2 nitrogen and oxygen atoms in total. The molecule has 0 N–H and O–H groups in total. The average Bonchev–Trinajstić information content (AvgIpc) is 3.18. The maximum Gasteiger partial charge on any atom is 0.122 e. The van der Waals surface area contributed by atoms with E-state index in [0.717, 1.165) is 6.16 Å². The first-order chi connectivity index (χ1) is 18.9. The molecule has 3 rings (SSSR count). The van der Waals surface area contributed by atoms with E-state index >= 15 is 0 Å². The fourth-order valence-electron chi connectivity index (χ4n) is 5.39. The summed E-state index contributed by atoms with van der Waals surface area (Å²) in [4.78, 5) is 5.58. The Morgan fingerprint density at radius 1 is 0.732 bits per heavy atom. The van der Waals surface area contributed by atoms with Gasteiger partial charge in [-0.3, -0.25) is 4.99 Å². The van der Waals surface area contributed by atoms with Crippen molar-refractivity contribution in [1.29, 1.82) is 0 Å². The molecular weight excluding hydrogens is 558 g/mol. The minimum atomic E-state index is -0.951. The summed E-state index contributed by atoms with van der Waals surface area (Å²) in [6, 6.07) is 13.6. The van der Waals surface area contributed by atoms with E-state index in [9.17, 15) is 0 Å². The van der Waals surface area contributed by atoms with Gasteiger partial charge in [-0.1, -0.05) is 145 Å². The minimum absolute atomic E-state index is 0.0149. The SMILES string of the molecule is CC(C)c1cccc(C(C)C)c1N=C(C[P@@]1C=C(C(C)(C)C)N(c2c(C(C)C)cccc2C(C)C)[P@]1Cl)C(C)(C)C. The van der Waals surface area contributed by atoms with Gasteiger partial charge in [-0.15, -0.1) is 0 Å². The molecule has 0 unspecified atom stereocenters. The number of hydrogen-bond donors (Lipinski definition) is 0. The van der Waals surface area contributed by atoms with Gasteiger partial charge >= 0.3 is 0 Å². The molecule has 0 saturated heterocycles. The third kappa shape index (κ3) is 7.66. The first-order valence-electron chi connectivity index (χ1n) is 15.4. The van der Waals surface area contributed by atoms with Gasteiger partial charge in [0.1, 0.15) is 7.11 Å². The molecule has 5 heteroatoms. The summed E-state index contributed by atoms with van der Waals surface area (Å²) in [5.74, 6) is 4.24. The molecule has 0 radical (unpaired) electrons. The smallest absolute Gasteiger partial charge is 0.122 e. The van der Waals surface area contributed by atoms with Gasteiger partial charge in [-0.2, -0.15) is 0 Å². The first kappa shape index (κ1) is 34.3. The molecule has 0 fully saturated rings. The van der Waals surface area contributed by atoms with Gasteiger partial charge in [0.15, 0.2) is 0 Å². The molecule has 0 aromatic heterocycles. The standard InChI is InChI=1S/C36H55ClN2P2/c1-23(2)27-17-15-18-28(24(3)4)33(27)38-31(35(9,10)11)21-40-22-32(36(12,13)14)39(41(40)37)34-29(25(5)6)19-16-20-30(34)26(7)8/h15-20,22-26H,21H2,1-14H3/t40-,41-/m0/s1. The van der Waals surface area contributed by atoms with Crippen molar-refractivity contribution >= 4 is 43.1 Å². The Bertz CT molecular complexity index is 1220.